The number of aryl methyl sites for hydroxylation is 2. The van der Waals surface area contributed by atoms with Gasteiger partial charge in [-0.15, -0.1) is 0 Å². The Morgan fingerprint density at radius 1 is 1.30 bits per heavy atom. The predicted molar refractivity (Wildman–Crippen MR) is 74.1 cm³/mol. The van der Waals surface area contributed by atoms with Crippen molar-refractivity contribution in [3.63, 3.8) is 0 Å². The van der Waals surface area contributed by atoms with E-state index in [9.17, 15) is 9.59 Å². The fourth-order valence-electron chi connectivity index (χ4n) is 2.00. The number of carbonyl (C=O) groups excluding carboxylic acids is 1. The normalized spacial score (nSPS) is 10.6. The van der Waals surface area contributed by atoms with Crippen molar-refractivity contribution in [3.8, 4) is 5.75 Å². The van der Waals surface area contributed by atoms with Gasteiger partial charge >= 0.3 is 11.6 Å². The van der Waals surface area contributed by atoms with Crippen LogP contribution >= 0.6 is 0 Å². The van der Waals surface area contributed by atoms with Crippen LogP contribution in [0.3, 0.4) is 0 Å². The van der Waals surface area contributed by atoms with Crippen molar-refractivity contribution in [2.45, 2.75) is 20.8 Å². The van der Waals surface area contributed by atoms with Crippen LogP contribution in [0.25, 0.3) is 11.0 Å². The highest BCUT2D eigenvalue weighted by Gasteiger charge is 2.11. The number of ether oxygens (including phenoxy) is 2. The van der Waals surface area contributed by atoms with Crippen LogP contribution in [0, 0.1) is 13.8 Å². The first kappa shape index (κ1) is 14.1. The Morgan fingerprint density at radius 2 is 2.05 bits per heavy atom. The van der Waals surface area contributed by atoms with Gasteiger partial charge in [0.15, 0.2) is 6.61 Å². The summed E-state index contributed by atoms with van der Waals surface area (Å²) in [6.07, 6.45) is 0. The summed E-state index contributed by atoms with van der Waals surface area (Å²) in [6.45, 7) is 5.50. The Balaban J connectivity index is 2.34. The van der Waals surface area contributed by atoms with Gasteiger partial charge in [-0.1, -0.05) is 0 Å². The fourth-order valence-corrected chi connectivity index (χ4v) is 2.00. The van der Waals surface area contributed by atoms with E-state index in [1.807, 2.05) is 6.92 Å². The summed E-state index contributed by atoms with van der Waals surface area (Å²) in [7, 11) is 0. The van der Waals surface area contributed by atoms with Crippen LogP contribution in [0.5, 0.6) is 5.75 Å². The molecule has 0 amide bonds. The van der Waals surface area contributed by atoms with Gasteiger partial charge in [-0.3, -0.25) is 0 Å². The van der Waals surface area contributed by atoms with E-state index in [4.69, 9.17) is 13.9 Å². The molecular weight excluding hydrogens is 260 g/mol. The third-order valence-electron chi connectivity index (χ3n) is 2.97. The van der Waals surface area contributed by atoms with Gasteiger partial charge in [0.2, 0.25) is 0 Å². The molecule has 5 heteroatoms. The molecule has 0 radical (unpaired) electrons. The maximum atomic E-state index is 11.4. The molecule has 1 aromatic heterocycles. The molecule has 0 saturated carbocycles. The summed E-state index contributed by atoms with van der Waals surface area (Å²) in [5.74, 6) is 0.0667. The van der Waals surface area contributed by atoms with Crippen LogP contribution < -0.4 is 10.4 Å². The van der Waals surface area contributed by atoms with Crippen LogP contribution in [-0.4, -0.2) is 19.2 Å². The van der Waals surface area contributed by atoms with E-state index in [0.717, 1.165) is 10.9 Å². The largest absolute Gasteiger partial charge is 0.481 e. The second-order valence-corrected chi connectivity index (χ2v) is 4.41. The maximum Gasteiger partial charge on any atom is 0.344 e. The first-order chi connectivity index (χ1) is 9.52. The Morgan fingerprint density at radius 3 is 2.75 bits per heavy atom. The van der Waals surface area contributed by atoms with E-state index in [1.165, 1.54) is 6.07 Å². The van der Waals surface area contributed by atoms with Crippen molar-refractivity contribution in [2.75, 3.05) is 13.2 Å². The van der Waals surface area contributed by atoms with Crippen molar-refractivity contribution >= 4 is 16.9 Å². The molecule has 5 nitrogen and oxygen atoms in total. The summed E-state index contributed by atoms with van der Waals surface area (Å²) in [5.41, 5.74) is 1.61. The Bertz CT molecular complexity index is 699. The summed E-state index contributed by atoms with van der Waals surface area (Å²) < 4.78 is 15.4. The third-order valence-corrected chi connectivity index (χ3v) is 2.97. The zero-order chi connectivity index (χ0) is 14.7. The zero-order valence-corrected chi connectivity index (χ0v) is 11.7. The SMILES string of the molecule is CCOC(=O)COc1ccc2c(C)cc(=O)oc2c1C. The molecule has 0 spiro atoms. The molecule has 106 valence electrons. The molecule has 0 saturated heterocycles. The van der Waals surface area contributed by atoms with Crippen LogP contribution in [-0.2, 0) is 9.53 Å². The topological polar surface area (TPSA) is 65.7 Å². The minimum absolute atomic E-state index is 0.170. The number of hydrogen-bond acceptors (Lipinski definition) is 5. The lowest BCUT2D eigenvalue weighted by atomic mass is 10.1. The van der Waals surface area contributed by atoms with E-state index in [0.29, 0.717) is 23.5 Å². The average Bonchev–Trinajstić information content (AvgIpc) is 2.39. The molecule has 0 N–H and O–H groups in total. The lowest BCUT2D eigenvalue weighted by molar-refractivity contribution is -0.145. The van der Waals surface area contributed by atoms with Crippen molar-refractivity contribution < 1.29 is 18.7 Å². The second kappa shape index (κ2) is 5.77. The molecule has 0 fully saturated rings. The number of esters is 1. The van der Waals surface area contributed by atoms with E-state index in [1.54, 1.807) is 26.0 Å². The van der Waals surface area contributed by atoms with Gasteiger partial charge in [0, 0.05) is 17.0 Å². The van der Waals surface area contributed by atoms with E-state index < -0.39 is 11.6 Å². The Labute approximate surface area is 116 Å². The zero-order valence-electron chi connectivity index (χ0n) is 11.7. The van der Waals surface area contributed by atoms with Gasteiger partial charge in [-0.05, 0) is 38.5 Å². The first-order valence-corrected chi connectivity index (χ1v) is 6.35. The number of fused-ring (bicyclic) bond motifs is 1. The highest BCUT2D eigenvalue weighted by atomic mass is 16.6. The van der Waals surface area contributed by atoms with Gasteiger partial charge in [-0.25, -0.2) is 9.59 Å². The van der Waals surface area contributed by atoms with Gasteiger partial charge in [0.25, 0.3) is 0 Å². The lowest BCUT2D eigenvalue weighted by Gasteiger charge is -2.10. The van der Waals surface area contributed by atoms with Crippen molar-refractivity contribution in [1.82, 2.24) is 0 Å². The molecule has 0 aliphatic rings. The van der Waals surface area contributed by atoms with E-state index >= 15 is 0 Å². The Kier molecular flexibility index (Phi) is 4.08. The molecular formula is C15H16O5. The summed E-state index contributed by atoms with van der Waals surface area (Å²) in [4.78, 5) is 22.7. The predicted octanol–water partition coefficient (Wildman–Crippen LogP) is 2.35. The molecule has 20 heavy (non-hydrogen) atoms. The minimum Gasteiger partial charge on any atom is -0.481 e. The minimum atomic E-state index is -0.433. The summed E-state index contributed by atoms with van der Waals surface area (Å²) >= 11 is 0. The quantitative estimate of drug-likeness (QED) is 0.633. The molecule has 1 heterocycles. The van der Waals surface area contributed by atoms with Crippen LogP contribution in [0.15, 0.2) is 27.4 Å². The smallest absolute Gasteiger partial charge is 0.344 e. The standard InChI is InChI=1S/C15H16O5/c1-4-18-14(17)8-19-12-6-5-11-9(2)7-13(16)20-15(11)10(12)3/h5-7H,4,8H2,1-3H3. The third kappa shape index (κ3) is 2.82. The maximum absolute atomic E-state index is 11.4. The van der Waals surface area contributed by atoms with Crippen LogP contribution in [0.4, 0.5) is 0 Å². The second-order valence-electron chi connectivity index (χ2n) is 4.41. The van der Waals surface area contributed by atoms with Gasteiger partial charge < -0.3 is 13.9 Å². The van der Waals surface area contributed by atoms with Crippen LogP contribution in [0.1, 0.15) is 18.1 Å². The number of rotatable bonds is 4. The number of hydrogen-bond donors (Lipinski definition) is 0. The highest BCUT2D eigenvalue weighted by Crippen LogP contribution is 2.28. The molecule has 0 unspecified atom stereocenters. The molecule has 1 aromatic carbocycles. The number of carbonyl (C=O) groups is 1. The number of benzene rings is 1. The monoisotopic (exact) mass is 276 g/mol. The van der Waals surface area contributed by atoms with Crippen LogP contribution in [0.2, 0.25) is 0 Å². The molecule has 0 aliphatic heterocycles. The molecule has 2 aromatic rings. The summed E-state index contributed by atoms with van der Waals surface area (Å²) in [5, 5.41) is 0.852. The molecule has 0 aliphatic carbocycles. The molecule has 0 bridgehead atoms. The van der Waals surface area contributed by atoms with Gasteiger partial charge in [0.1, 0.15) is 11.3 Å². The average molecular weight is 276 g/mol. The van der Waals surface area contributed by atoms with E-state index in [2.05, 4.69) is 0 Å². The molecule has 0 atom stereocenters. The Hall–Kier alpha value is -2.30. The van der Waals surface area contributed by atoms with Gasteiger partial charge in [-0.2, -0.15) is 0 Å². The van der Waals surface area contributed by atoms with Crippen molar-refractivity contribution in [1.29, 1.82) is 0 Å². The van der Waals surface area contributed by atoms with Crippen molar-refractivity contribution in [3.05, 3.63) is 39.7 Å². The lowest BCUT2D eigenvalue weighted by Crippen LogP contribution is -2.15. The van der Waals surface area contributed by atoms with E-state index in [-0.39, 0.29) is 6.61 Å². The summed E-state index contributed by atoms with van der Waals surface area (Å²) in [6, 6.07) is 5.01. The fraction of sp³-hybridized carbons (Fsp3) is 0.333. The highest BCUT2D eigenvalue weighted by molar-refractivity contribution is 5.84. The molecule has 2 rings (SSSR count). The van der Waals surface area contributed by atoms with Gasteiger partial charge in [0.05, 0.1) is 6.61 Å². The first-order valence-electron chi connectivity index (χ1n) is 6.35. The van der Waals surface area contributed by atoms with Crippen molar-refractivity contribution in [2.24, 2.45) is 0 Å².